The van der Waals surface area contributed by atoms with Gasteiger partial charge in [0.05, 0.1) is 6.20 Å². The van der Waals surface area contributed by atoms with E-state index in [0.29, 0.717) is 24.6 Å². The third-order valence-electron chi connectivity index (χ3n) is 2.82. The lowest BCUT2D eigenvalue weighted by molar-refractivity contribution is 0.482. The largest absolute Gasteiger partial charge is 0.308 e. The van der Waals surface area contributed by atoms with Gasteiger partial charge >= 0.3 is 0 Å². The lowest BCUT2D eigenvalue weighted by atomic mass is 10.2. The van der Waals surface area contributed by atoms with Crippen molar-refractivity contribution < 1.29 is 8.78 Å². The Kier molecular flexibility index (Phi) is 6.78. The van der Waals surface area contributed by atoms with E-state index in [2.05, 4.69) is 24.3 Å². The van der Waals surface area contributed by atoms with Crippen LogP contribution in [0.4, 0.5) is 8.78 Å². The van der Waals surface area contributed by atoms with Crippen molar-refractivity contribution in [2.45, 2.75) is 33.5 Å². The SMILES string of the molecule is CC(C)Cn1cc(CNCc2cc(F)cc(F)c2)cn1.Cl. The fraction of sp³-hybridized carbons (Fsp3) is 0.400. The summed E-state index contributed by atoms with van der Waals surface area (Å²) in [7, 11) is 0. The first kappa shape index (κ1) is 17.6. The van der Waals surface area contributed by atoms with Gasteiger partial charge in [0.1, 0.15) is 11.6 Å². The maximum Gasteiger partial charge on any atom is 0.126 e. The number of nitrogens with one attached hydrogen (secondary N) is 1. The molecule has 0 aliphatic heterocycles. The zero-order chi connectivity index (χ0) is 14.5. The molecule has 0 saturated heterocycles. The lowest BCUT2D eigenvalue weighted by Gasteiger charge is -2.05. The first-order valence-corrected chi connectivity index (χ1v) is 6.70. The Labute approximate surface area is 129 Å². The number of benzene rings is 1. The van der Waals surface area contributed by atoms with Crippen LogP contribution in [0.15, 0.2) is 30.6 Å². The maximum absolute atomic E-state index is 13.0. The summed E-state index contributed by atoms with van der Waals surface area (Å²) in [6.45, 7) is 6.20. The standard InChI is InChI=1S/C15H19F2N3.ClH/c1-11(2)9-20-10-13(8-19-20)7-18-6-12-3-14(16)5-15(17)4-12;/h3-5,8,10-11,18H,6-7,9H2,1-2H3;1H. The minimum atomic E-state index is -0.549. The molecule has 21 heavy (non-hydrogen) atoms. The molecule has 0 spiro atoms. The molecule has 1 N–H and O–H groups in total. The van der Waals surface area contributed by atoms with Crippen LogP contribution < -0.4 is 5.32 Å². The highest BCUT2D eigenvalue weighted by molar-refractivity contribution is 5.85. The lowest BCUT2D eigenvalue weighted by Crippen LogP contribution is -2.12. The van der Waals surface area contributed by atoms with Crippen LogP contribution in [0.1, 0.15) is 25.0 Å². The second-order valence-electron chi connectivity index (χ2n) is 5.35. The van der Waals surface area contributed by atoms with E-state index in [1.807, 2.05) is 17.1 Å². The van der Waals surface area contributed by atoms with E-state index >= 15 is 0 Å². The van der Waals surface area contributed by atoms with Crippen molar-refractivity contribution >= 4 is 12.4 Å². The van der Waals surface area contributed by atoms with Crippen LogP contribution in [0.5, 0.6) is 0 Å². The molecule has 0 radical (unpaired) electrons. The monoisotopic (exact) mass is 315 g/mol. The predicted octanol–water partition coefficient (Wildman–Crippen LogP) is 3.53. The van der Waals surface area contributed by atoms with Crippen molar-refractivity contribution in [3.63, 3.8) is 0 Å². The summed E-state index contributed by atoms with van der Waals surface area (Å²) in [6, 6.07) is 3.54. The number of halogens is 3. The molecule has 3 nitrogen and oxygen atoms in total. The Morgan fingerprint density at radius 2 is 1.71 bits per heavy atom. The van der Waals surface area contributed by atoms with Crippen molar-refractivity contribution in [2.24, 2.45) is 5.92 Å². The third kappa shape index (κ3) is 5.81. The summed E-state index contributed by atoms with van der Waals surface area (Å²) in [4.78, 5) is 0. The van der Waals surface area contributed by atoms with Crippen molar-refractivity contribution in [1.29, 1.82) is 0 Å². The van der Waals surface area contributed by atoms with Crippen molar-refractivity contribution in [2.75, 3.05) is 0 Å². The van der Waals surface area contributed by atoms with Crippen LogP contribution in [-0.4, -0.2) is 9.78 Å². The topological polar surface area (TPSA) is 29.9 Å². The second-order valence-corrected chi connectivity index (χ2v) is 5.35. The van der Waals surface area contributed by atoms with Crippen LogP contribution in [0.3, 0.4) is 0 Å². The molecule has 0 amide bonds. The van der Waals surface area contributed by atoms with Gasteiger partial charge < -0.3 is 5.32 Å². The zero-order valence-corrected chi connectivity index (χ0v) is 13.0. The fourth-order valence-electron chi connectivity index (χ4n) is 2.04. The summed E-state index contributed by atoms with van der Waals surface area (Å²) in [6.07, 6.45) is 3.79. The van der Waals surface area contributed by atoms with Gasteiger partial charge in [-0.15, -0.1) is 12.4 Å². The van der Waals surface area contributed by atoms with Crippen molar-refractivity contribution in [3.8, 4) is 0 Å². The third-order valence-corrected chi connectivity index (χ3v) is 2.82. The molecule has 0 atom stereocenters. The van der Waals surface area contributed by atoms with Crippen LogP contribution in [0, 0.1) is 17.6 Å². The number of hydrogen-bond donors (Lipinski definition) is 1. The van der Waals surface area contributed by atoms with Crippen LogP contribution >= 0.6 is 12.4 Å². The second kappa shape index (κ2) is 8.10. The summed E-state index contributed by atoms with van der Waals surface area (Å²) < 4.78 is 28.0. The quantitative estimate of drug-likeness (QED) is 0.884. The molecule has 1 aromatic carbocycles. The van der Waals surface area contributed by atoms with Crippen molar-refractivity contribution in [1.82, 2.24) is 15.1 Å². The normalized spacial score (nSPS) is 10.7. The van der Waals surface area contributed by atoms with E-state index < -0.39 is 11.6 Å². The van der Waals surface area contributed by atoms with Gasteiger partial charge in [0.2, 0.25) is 0 Å². The number of aromatic nitrogens is 2. The van der Waals surface area contributed by atoms with Gasteiger partial charge in [-0.3, -0.25) is 4.68 Å². The number of hydrogen-bond acceptors (Lipinski definition) is 2. The highest BCUT2D eigenvalue weighted by atomic mass is 35.5. The highest BCUT2D eigenvalue weighted by Crippen LogP contribution is 2.08. The molecule has 2 aromatic rings. The first-order chi connectivity index (χ1) is 9.52. The molecule has 0 bridgehead atoms. The van der Waals surface area contributed by atoms with Gasteiger partial charge in [-0.05, 0) is 23.6 Å². The number of rotatable bonds is 6. The molecular weight excluding hydrogens is 296 g/mol. The molecule has 0 aliphatic rings. The molecule has 116 valence electrons. The molecule has 2 rings (SSSR count). The van der Waals surface area contributed by atoms with Gasteiger partial charge in [0.15, 0.2) is 0 Å². The Morgan fingerprint density at radius 3 is 2.33 bits per heavy atom. The van der Waals surface area contributed by atoms with E-state index in [9.17, 15) is 8.78 Å². The molecule has 6 heteroatoms. The van der Waals surface area contributed by atoms with Crippen molar-refractivity contribution in [3.05, 3.63) is 53.4 Å². The average molecular weight is 316 g/mol. The van der Waals surface area contributed by atoms with E-state index in [0.717, 1.165) is 18.2 Å². The maximum atomic E-state index is 13.0. The smallest absolute Gasteiger partial charge is 0.126 e. The number of nitrogens with zero attached hydrogens (tertiary/aromatic N) is 2. The van der Waals surface area contributed by atoms with Crippen LogP contribution in [-0.2, 0) is 19.6 Å². The Morgan fingerprint density at radius 1 is 1.10 bits per heavy atom. The van der Waals surface area contributed by atoms with Crippen LogP contribution in [0.2, 0.25) is 0 Å². The van der Waals surface area contributed by atoms with Gasteiger partial charge in [-0.2, -0.15) is 5.10 Å². The summed E-state index contributed by atoms with van der Waals surface area (Å²) in [5.41, 5.74) is 1.65. The van der Waals surface area contributed by atoms with E-state index in [4.69, 9.17) is 0 Å². The molecule has 1 aromatic heterocycles. The van der Waals surface area contributed by atoms with E-state index in [-0.39, 0.29) is 12.4 Å². The Bertz CT molecular complexity index is 550. The van der Waals surface area contributed by atoms with Gasteiger partial charge in [-0.25, -0.2) is 8.78 Å². The van der Waals surface area contributed by atoms with Gasteiger partial charge in [-0.1, -0.05) is 13.8 Å². The van der Waals surface area contributed by atoms with Gasteiger partial charge in [0, 0.05) is 37.5 Å². The minimum absolute atomic E-state index is 0. The fourth-order valence-corrected chi connectivity index (χ4v) is 2.04. The Hall–Kier alpha value is -1.46. The molecule has 0 aliphatic carbocycles. The zero-order valence-electron chi connectivity index (χ0n) is 12.1. The summed E-state index contributed by atoms with van der Waals surface area (Å²) >= 11 is 0. The van der Waals surface area contributed by atoms with E-state index in [1.54, 1.807) is 0 Å². The van der Waals surface area contributed by atoms with E-state index in [1.165, 1.54) is 12.1 Å². The highest BCUT2D eigenvalue weighted by Gasteiger charge is 2.03. The molecule has 0 fully saturated rings. The summed E-state index contributed by atoms with van der Waals surface area (Å²) in [5, 5.41) is 7.42. The summed E-state index contributed by atoms with van der Waals surface area (Å²) in [5.74, 6) is -0.552. The van der Waals surface area contributed by atoms with Crippen LogP contribution in [0.25, 0.3) is 0 Å². The first-order valence-electron chi connectivity index (χ1n) is 6.70. The predicted molar refractivity (Wildman–Crippen MR) is 81.2 cm³/mol. The molecule has 0 saturated carbocycles. The Balaban J connectivity index is 0.00000220. The molecule has 1 heterocycles. The average Bonchev–Trinajstić information content (AvgIpc) is 2.74. The minimum Gasteiger partial charge on any atom is -0.308 e. The van der Waals surface area contributed by atoms with Gasteiger partial charge in [0.25, 0.3) is 0 Å². The molecular formula is C15H20ClF2N3. The molecule has 0 unspecified atom stereocenters.